The minimum absolute atomic E-state index is 0.308. The van der Waals surface area contributed by atoms with Crippen molar-refractivity contribution in [1.29, 1.82) is 0 Å². The van der Waals surface area contributed by atoms with E-state index in [2.05, 4.69) is 4.74 Å². The number of alkyl halides is 3. The predicted molar refractivity (Wildman–Crippen MR) is 63.9 cm³/mol. The lowest BCUT2D eigenvalue weighted by molar-refractivity contribution is -0.325. The molecule has 11 heteroatoms. The van der Waals surface area contributed by atoms with Crippen LogP contribution < -0.4 is 4.74 Å². The van der Waals surface area contributed by atoms with E-state index in [1.165, 1.54) is 0 Å². The summed E-state index contributed by atoms with van der Waals surface area (Å²) >= 11 is 0. The zero-order valence-corrected chi connectivity index (χ0v) is 11.6. The standard InChI is InChI=1S/C10H8ClF3O6S/c11-21(17,18)6-1-2-8(7(5-6)9(15)16)19-3-4-20-10(12,13)14/h1-2,5H,3-4H2,(H,15,16). The molecule has 1 rings (SSSR count). The van der Waals surface area contributed by atoms with Crippen molar-refractivity contribution in [2.45, 2.75) is 11.3 Å². The maximum Gasteiger partial charge on any atom is 0.522 e. The number of halogens is 4. The van der Waals surface area contributed by atoms with E-state index in [9.17, 15) is 26.4 Å². The van der Waals surface area contributed by atoms with Gasteiger partial charge in [0.15, 0.2) is 0 Å². The highest BCUT2D eigenvalue weighted by Gasteiger charge is 2.28. The van der Waals surface area contributed by atoms with Gasteiger partial charge in [-0.2, -0.15) is 0 Å². The summed E-state index contributed by atoms with van der Waals surface area (Å²) < 4.78 is 65.6. The van der Waals surface area contributed by atoms with Crippen LogP contribution in [0.2, 0.25) is 0 Å². The number of aromatic carboxylic acids is 1. The monoisotopic (exact) mass is 348 g/mol. The van der Waals surface area contributed by atoms with E-state index < -0.39 is 45.1 Å². The van der Waals surface area contributed by atoms with Gasteiger partial charge < -0.3 is 9.84 Å². The average molecular weight is 349 g/mol. The SMILES string of the molecule is O=C(O)c1cc(S(=O)(=O)Cl)ccc1OCCOC(F)(F)F. The molecule has 118 valence electrons. The number of carboxylic acids is 1. The van der Waals surface area contributed by atoms with Crippen molar-refractivity contribution in [3.63, 3.8) is 0 Å². The van der Waals surface area contributed by atoms with Crippen molar-refractivity contribution in [2.75, 3.05) is 13.2 Å². The van der Waals surface area contributed by atoms with Crippen molar-refractivity contribution < 1.29 is 41.0 Å². The molecule has 1 aromatic rings. The first-order valence-corrected chi connectivity index (χ1v) is 7.47. The minimum Gasteiger partial charge on any atom is -0.490 e. The van der Waals surface area contributed by atoms with Gasteiger partial charge in [-0.05, 0) is 18.2 Å². The molecule has 0 spiro atoms. The molecule has 0 atom stereocenters. The van der Waals surface area contributed by atoms with Crippen LogP contribution in [-0.4, -0.2) is 39.1 Å². The molecule has 0 aliphatic carbocycles. The summed E-state index contributed by atoms with van der Waals surface area (Å²) in [6.45, 7) is -1.43. The normalized spacial score (nSPS) is 12.2. The summed E-state index contributed by atoms with van der Waals surface area (Å²) in [4.78, 5) is 10.5. The van der Waals surface area contributed by atoms with Crippen LogP contribution in [-0.2, 0) is 13.8 Å². The Labute approximate surface area is 121 Å². The molecule has 0 fully saturated rings. The number of benzene rings is 1. The number of hydrogen-bond donors (Lipinski definition) is 1. The second kappa shape index (κ2) is 6.50. The highest BCUT2D eigenvalue weighted by atomic mass is 35.7. The van der Waals surface area contributed by atoms with Crippen LogP contribution >= 0.6 is 10.7 Å². The Kier molecular flexibility index (Phi) is 5.42. The second-order valence-corrected chi connectivity index (χ2v) is 6.11. The molecular weight excluding hydrogens is 341 g/mol. The van der Waals surface area contributed by atoms with Crippen LogP contribution in [0.1, 0.15) is 10.4 Å². The molecule has 0 aromatic heterocycles. The third kappa shape index (κ3) is 5.78. The Morgan fingerprint density at radius 1 is 1.29 bits per heavy atom. The van der Waals surface area contributed by atoms with Gasteiger partial charge in [0.05, 0.1) is 11.5 Å². The molecule has 0 aliphatic heterocycles. The lowest BCUT2D eigenvalue weighted by Gasteiger charge is -2.11. The molecule has 6 nitrogen and oxygen atoms in total. The molecular formula is C10H8ClF3O6S. The maximum absolute atomic E-state index is 11.7. The molecule has 1 N–H and O–H groups in total. The van der Waals surface area contributed by atoms with Gasteiger partial charge >= 0.3 is 12.3 Å². The molecule has 0 heterocycles. The highest BCUT2D eigenvalue weighted by molar-refractivity contribution is 8.13. The van der Waals surface area contributed by atoms with Gasteiger partial charge in [0.25, 0.3) is 9.05 Å². The summed E-state index contributed by atoms with van der Waals surface area (Å²) in [5.74, 6) is -1.83. The van der Waals surface area contributed by atoms with E-state index in [0.717, 1.165) is 18.2 Å². The fourth-order valence-corrected chi connectivity index (χ4v) is 2.04. The Morgan fingerprint density at radius 3 is 2.38 bits per heavy atom. The van der Waals surface area contributed by atoms with Gasteiger partial charge in [-0.3, -0.25) is 4.74 Å². The summed E-state index contributed by atoms with van der Waals surface area (Å²) in [7, 11) is 0.918. The first kappa shape index (κ1) is 17.5. The van der Waals surface area contributed by atoms with Crippen LogP contribution in [0, 0.1) is 0 Å². The summed E-state index contributed by atoms with van der Waals surface area (Å²) in [5.41, 5.74) is -0.552. The van der Waals surface area contributed by atoms with Crippen LogP contribution in [0.5, 0.6) is 5.75 Å². The first-order chi connectivity index (χ1) is 9.50. The number of carbonyl (C=O) groups is 1. The molecule has 1 aromatic carbocycles. The van der Waals surface area contributed by atoms with E-state index in [-0.39, 0.29) is 5.75 Å². The average Bonchev–Trinajstić information content (AvgIpc) is 2.32. The predicted octanol–water partition coefficient (Wildman–Crippen LogP) is 2.23. The molecule has 21 heavy (non-hydrogen) atoms. The van der Waals surface area contributed by atoms with Gasteiger partial charge in [-0.1, -0.05) is 0 Å². The Balaban J connectivity index is 2.86. The van der Waals surface area contributed by atoms with E-state index in [4.69, 9.17) is 20.5 Å². The van der Waals surface area contributed by atoms with Gasteiger partial charge in [-0.15, -0.1) is 13.2 Å². The van der Waals surface area contributed by atoms with E-state index >= 15 is 0 Å². The van der Waals surface area contributed by atoms with Crippen LogP contribution in [0.15, 0.2) is 23.1 Å². The number of carboxylic acid groups (broad SMARTS) is 1. The Bertz CT molecular complexity index is 628. The van der Waals surface area contributed by atoms with Crippen molar-refractivity contribution in [3.8, 4) is 5.75 Å². The molecule has 0 amide bonds. The molecule has 0 radical (unpaired) electrons. The lowest BCUT2D eigenvalue weighted by atomic mass is 10.2. The van der Waals surface area contributed by atoms with E-state index in [0.29, 0.717) is 0 Å². The van der Waals surface area contributed by atoms with E-state index in [1.807, 2.05) is 0 Å². The quantitative estimate of drug-likeness (QED) is 0.626. The lowest BCUT2D eigenvalue weighted by Crippen LogP contribution is -2.18. The fourth-order valence-electron chi connectivity index (χ4n) is 1.26. The highest BCUT2D eigenvalue weighted by Crippen LogP contribution is 2.25. The Morgan fingerprint density at radius 2 is 1.90 bits per heavy atom. The first-order valence-electron chi connectivity index (χ1n) is 5.16. The van der Waals surface area contributed by atoms with Crippen molar-refractivity contribution in [1.82, 2.24) is 0 Å². The van der Waals surface area contributed by atoms with Crippen molar-refractivity contribution >= 4 is 25.7 Å². The van der Waals surface area contributed by atoms with Gasteiger partial charge in [0, 0.05) is 10.7 Å². The smallest absolute Gasteiger partial charge is 0.490 e. The van der Waals surface area contributed by atoms with Crippen LogP contribution in [0.25, 0.3) is 0 Å². The number of hydrogen-bond acceptors (Lipinski definition) is 5. The van der Waals surface area contributed by atoms with E-state index in [1.54, 1.807) is 0 Å². The largest absolute Gasteiger partial charge is 0.522 e. The van der Waals surface area contributed by atoms with Gasteiger partial charge in [0.2, 0.25) is 0 Å². The van der Waals surface area contributed by atoms with Crippen LogP contribution in [0.4, 0.5) is 13.2 Å². The molecule has 0 bridgehead atoms. The van der Waals surface area contributed by atoms with Crippen molar-refractivity contribution in [2.24, 2.45) is 0 Å². The topological polar surface area (TPSA) is 89.9 Å². The van der Waals surface area contributed by atoms with Crippen molar-refractivity contribution in [3.05, 3.63) is 23.8 Å². The third-order valence-corrected chi connectivity index (χ3v) is 3.42. The Hall–Kier alpha value is -1.52. The minimum atomic E-state index is -4.82. The summed E-state index contributed by atoms with van der Waals surface area (Å²) in [5, 5.41) is 8.91. The number of rotatable bonds is 6. The zero-order valence-electron chi connectivity index (χ0n) is 10.1. The fraction of sp³-hybridized carbons (Fsp3) is 0.300. The molecule has 0 aliphatic rings. The summed E-state index contributed by atoms with van der Waals surface area (Å²) in [6, 6.07) is 2.69. The maximum atomic E-state index is 11.7. The number of ether oxygens (including phenoxy) is 2. The third-order valence-electron chi connectivity index (χ3n) is 2.07. The molecule has 0 unspecified atom stereocenters. The van der Waals surface area contributed by atoms with Gasteiger partial charge in [-0.25, -0.2) is 13.2 Å². The molecule has 0 saturated heterocycles. The molecule has 0 saturated carbocycles. The zero-order chi connectivity index (χ0) is 16.3. The van der Waals surface area contributed by atoms with Gasteiger partial charge in [0.1, 0.15) is 17.9 Å². The van der Waals surface area contributed by atoms with Crippen LogP contribution in [0.3, 0.4) is 0 Å². The second-order valence-electron chi connectivity index (χ2n) is 3.54. The summed E-state index contributed by atoms with van der Waals surface area (Å²) in [6.07, 6.45) is -4.82.